The Bertz CT molecular complexity index is 228. The summed E-state index contributed by atoms with van der Waals surface area (Å²) in [5.41, 5.74) is 0. The molecule has 0 heterocycles. The molecule has 0 atom stereocenters. The molecule has 1 aliphatic carbocycles. The van der Waals surface area contributed by atoms with Gasteiger partial charge < -0.3 is 10.1 Å². The molecule has 0 aromatic heterocycles. The van der Waals surface area contributed by atoms with Gasteiger partial charge in [-0.15, -0.1) is 0 Å². The number of rotatable bonds is 18. The highest BCUT2D eigenvalue weighted by Gasteiger charge is 2.15. The SMILES string of the molecule is COCCNCCCCCCCCCCCCCCC1CCC1. The molecule has 1 fully saturated rings. The fraction of sp³-hybridized carbons (Fsp3) is 1.00. The Labute approximate surface area is 146 Å². The van der Waals surface area contributed by atoms with E-state index in [4.69, 9.17) is 4.74 Å². The molecule has 0 spiro atoms. The molecule has 0 aromatic carbocycles. The Hall–Kier alpha value is -0.0800. The molecule has 0 unspecified atom stereocenters. The molecule has 2 nitrogen and oxygen atoms in total. The van der Waals surface area contributed by atoms with Gasteiger partial charge in [0.25, 0.3) is 0 Å². The molecule has 1 saturated carbocycles. The van der Waals surface area contributed by atoms with Crippen LogP contribution in [0.3, 0.4) is 0 Å². The van der Waals surface area contributed by atoms with Gasteiger partial charge >= 0.3 is 0 Å². The maximum atomic E-state index is 5.01. The average molecular weight is 326 g/mol. The molecule has 0 radical (unpaired) electrons. The first-order chi connectivity index (χ1) is 11.4. The minimum absolute atomic E-state index is 0.834. The van der Waals surface area contributed by atoms with E-state index in [2.05, 4.69) is 5.32 Å². The van der Waals surface area contributed by atoms with Crippen LogP contribution in [0.5, 0.6) is 0 Å². The third-order valence-corrected chi connectivity index (χ3v) is 5.42. The van der Waals surface area contributed by atoms with Crippen molar-refractivity contribution in [1.29, 1.82) is 0 Å². The van der Waals surface area contributed by atoms with Gasteiger partial charge in [0.05, 0.1) is 6.61 Å². The molecule has 0 bridgehead atoms. The fourth-order valence-electron chi connectivity index (χ4n) is 3.53. The summed E-state index contributed by atoms with van der Waals surface area (Å²) in [7, 11) is 1.76. The second-order valence-corrected chi connectivity index (χ2v) is 7.57. The van der Waals surface area contributed by atoms with Crippen molar-refractivity contribution < 1.29 is 4.74 Å². The molecule has 138 valence electrons. The number of ether oxygens (including phenoxy) is 1. The van der Waals surface area contributed by atoms with Gasteiger partial charge in [-0.1, -0.05) is 96.3 Å². The molecular formula is C21H43NO. The Morgan fingerprint density at radius 1 is 0.696 bits per heavy atom. The van der Waals surface area contributed by atoms with Crippen LogP contribution in [0.15, 0.2) is 0 Å². The highest BCUT2D eigenvalue weighted by atomic mass is 16.5. The van der Waals surface area contributed by atoms with Crippen LogP contribution >= 0.6 is 0 Å². The highest BCUT2D eigenvalue weighted by Crippen LogP contribution is 2.31. The third kappa shape index (κ3) is 14.0. The maximum Gasteiger partial charge on any atom is 0.0587 e. The van der Waals surface area contributed by atoms with Crippen LogP contribution in [0.25, 0.3) is 0 Å². The highest BCUT2D eigenvalue weighted by molar-refractivity contribution is 4.69. The lowest BCUT2D eigenvalue weighted by Crippen LogP contribution is -2.20. The van der Waals surface area contributed by atoms with Gasteiger partial charge in [-0.2, -0.15) is 0 Å². The van der Waals surface area contributed by atoms with Crippen molar-refractivity contribution in [2.24, 2.45) is 5.92 Å². The van der Waals surface area contributed by atoms with E-state index in [1.807, 2.05) is 0 Å². The van der Waals surface area contributed by atoms with E-state index in [0.29, 0.717) is 0 Å². The van der Waals surface area contributed by atoms with Crippen molar-refractivity contribution in [2.75, 3.05) is 26.8 Å². The predicted octanol–water partition coefficient (Wildman–Crippen LogP) is 6.09. The monoisotopic (exact) mass is 325 g/mol. The van der Waals surface area contributed by atoms with Crippen LogP contribution in [0, 0.1) is 5.92 Å². The minimum Gasteiger partial charge on any atom is -0.383 e. The number of methoxy groups -OCH3 is 1. The quantitative estimate of drug-likeness (QED) is 0.308. The van der Waals surface area contributed by atoms with Crippen LogP contribution in [-0.4, -0.2) is 26.8 Å². The Kier molecular flexibility index (Phi) is 15.3. The Morgan fingerprint density at radius 3 is 1.70 bits per heavy atom. The topological polar surface area (TPSA) is 21.3 Å². The maximum absolute atomic E-state index is 5.01. The lowest BCUT2D eigenvalue weighted by Gasteiger charge is -2.24. The Balaban J connectivity index is 1.61. The molecular weight excluding hydrogens is 282 g/mol. The van der Waals surface area contributed by atoms with Gasteiger partial charge in [-0.25, -0.2) is 0 Å². The molecule has 0 aliphatic heterocycles. The molecule has 0 amide bonds. The van der Waals surface area contributed by atoms with E-state index >= 15 is 0 Å². The second-order valence-electron chi connectivity index (χ2n) is 7.57. The minimum atomic E-state index is 0.834. The van der Waals surface area contributed by atoms with Gasteiger partial charge in [0, 0.05) is 13.7 Å². The van der Waals surface area contributed by atoms with Crippen molar-refractivity contribution in [1.82, 2.24) is 5.32 Å². The first-order valence-corrected chi connectivity index (χ1v) is 10.6. The normalized spacial score (nSPS) is 15.0. The smallest absolute Gasteiger partial charge is 0.0587 e. The zero-order valence-electron chi connectivity index (χ0n) is 15.9. The summed E-state index contributed by atoms with van der Waals surface area (Å²) in [5.74, 6) is 1.12. The lowest BCUT2D eigenvalue weighted by atomic mass is 9.81. The third-order valence-electron chi connectivity index (χ3n) is 5.42. The van der Waals surface area contributed by atoms with Crippen molar-refractivity contribution in [3.63, 3.8) is 0 Å². The lowest BCUT2D eigenvalue weighted by molar-refractivity contribution is 0.199. The van der Waals surface area contributed by atoms with Crippen LogP contribution < -0.4 is 5.32 Å². The molecule has 1 N–H and O–H groups in total. The van der Waals surface area contributed by atoms with E-state index in [0.717, 1.165) is 25.6 Å². The standard InChI is InChI=1S/C21H43NO/c1-23-20-19-22-18-13-11-9-7-5-3-2-4-6-8-10-12-15-21-16-14-17-21/h21-22H,2-20H2,1H3. The summed E-state index contributed by atoms with van der Waals surface area (Å²) >= 11 is 0. The van der Waals surface area contributed by atoms with E-state index < -0.39 is 0 Å². The van der Waals surface area contributed by atoms with Crippen LogP contribution in [0.4, 0.5) is 0 Å². The summed E-state index contributed by atoms with van der Waals surface area (Å²) in [4.78, 5) is 0. The number of nitrogens with one attached hydrogen (secondary N) is 1. The zero-order chi connectivity index (χ0) is 16.4. The van der Waals surface area contributed by atoms with E-state index in [1.54, 1.807) is 7.11 Å². The van der Waals surface area contributed by atoms with E-state index in [-0.39, 0.29) is 0 Å². The van der Waals surface area contributed by atoms with E-state index in [1.165, 1.54) is 103 Å². The first kappa shape index (κ1) is 21.0. The van der Waals surface area contributed by atoms with Crippen molar-refractivity contribution in [2.45, 2.75) is 103 Å². The zero-order valence-corrected chi connectivity index (χ0v) is 15.9. The number of unbranched alkanes of at least 4 members (excludes halogenated alkanes) is 11. The number of hydrogen-bond donors (Lipinski definition) is 1. The molecule has 0 aromatic rings. The molecule has 23 heavy (non-hydrogen) atoms. The average Bonchev–Trinajstić information content (AvgIpc) is 2.52. The summed E-state index contributed by atoms with van der Waals surface area (Å²) in [6.45, 7) is 2.99. The van der Waals surface area contributed by atoms with Gasteiger partial charge in [-0.05, 0) is 18.9 Å². The first-order valence-electron chi connectivity index (χ1n) is 10.6. The largest absolute Gasteiger partial charge is 0.383 e. The summed E-state index contributed by atoms with van der Waals surface area (Å²) in [5, 5.41) is 3.41. The Morgan fingerprint density at radius 2 is 1.22 bits per heavy atom. The van der Waals surface area contributed by atoms with Gasteiger partial charge in [0.15, 0.2) is 0 Å². The molecule has 1 aliphatic rings. The van der Waals surface area contributed by atoms with Crippen LogP contribution in [0.2, 0.25) is 0 Å². The van der Waals surface area contributed by atoms with Crippen molar-refractivity contribution in [3.8, 4) is 0 Å². The summed E-state index contributed by atoms with van der Waals surface area (Å²) in [6.07, 6.45) is 23.5. The van der Waals surface area contributed by atoms with E-state index in [9.17, 15) is 0 Å². The summed E-state index contributed by atoms with van der Waals surface area (Å²) < 4.78 is 5.01. The predicted molar refractivity (Wildman–Crippen MR) is 102 cm³/mol. The summed E-state index contributed by atoms with van der Waals surface area (Å²) in [6, 6.07) is 0. The van der Waals surface area contributed by atoms with Gasteiger partial charge in [-0.3, -0.25) is 0 Å². The van der Waals surface area contributed by atoms with Crippen LogP contribution in [-0.2, 0) is 4.74 Å². The van der Waals surface area contributed by atoms with Crippen molar-refractivity contribution in [3.05, 3.63) is 0 Å². The molecule has 1 rings (SSSR count). The van der Waals surface area contributed by atoms with Crippen molar-refractivity contribution >= 4 is 0 Å². The molecule has 2 heteroatoms. The molecule has 0 saturated heterocycles. The van der Waals surface area contributed by atoms with Crippen LogP contribution in [0.1, 0.15) is 103 Å². The number of hydrogen-bond acceptors (Lipinski definition) is 2. The second kappa shape index (κ2) is 16.8. The van der Waals surface area contributed by atoms with Gasteiger partial charge in [0.2, 0.25) is 0 Å². The van der Waals surface area contributed by atoms with Gasteiger partial charge in [0.1, 0.15) is 0 Å². The fourth-order valence-corrected chi connectivity index (χ4v) is 3.53.